The van der Waals surface area contributed by atoms with E-state index in [1.807, 2.05) is 31.3 Å². The number of carbonyl (C=O) groups is 1. The van der Waals surface area contributed by atoms with Crippen LogP contribution in [0.25, 0.3) is 10.2 Å². The zero-order valence-corrected chi connectivity index (χ0v) is 17.8. The van der Waals surface area contributed by atoms with E-state index in [4.69, 9.17) is 0 Å². The van der Waals surface area contributed by atoms with Crippen LogP contribution in [-0.2, 0) is 13.0 Å². The molecule has 3 aromatic rings. The highest BCUT2D eigenvalue weighted by molar-refractivity contribution is 7.18. The Labute approximate surface area is 182 Å². The van der Waals surface area contributed by atoms with Crippen molar-refractivity contribution >= 4 is 33.7 Å². The Kier molecular flexibility index (Phi) is 6.24. The Morgan fingerprint density at radius 2 is 2.00 bits per heavy atom. The molecule has 164 valence electrons. The predicted octanol–water partition coefficient (Wildman–Crippen LogP) is 4.76. The Morgan fingerprint density at radius 3 is 2.71 bits per heavy atom. The van der Waals surface area contributed by atoms with Crippen LogP contribution >= 0.6 is 11.3 Å². The third kappa shape index (κ3) is 5.22. The number of carbonyl (C=O) groups excluding carboxylic acids is 1. The van der Waals surface area contributed by atoms with Crippen LogP contribution in [0, 0.1) is 0 Å². The molecule has 1 aromatic carbocycles. The molecule has 5 nitrogen and oxygen atoms in total. The van der Waals surface area contributed by atoms with Crippen molar-refractivity contribution in [2.75, 3.05) is 11.9 Å². The van der Waals surface area contributed by atoms with Gasteiger partial charge < -0.3 is 10.2 Å². The molecule has 1 N–H and O–H groups in total. The van der Waals surface area contributed by atoms with E-state index < -0.39 is 12.6 Å². The SMILES string of the molecule is CN(c1ncnc2sc(CC(F)(F)F)cc12)[C@@H]1CC[C@H](NCc2ccc(C=O)cc2)C1. The lowest BCUT2D eigenvalue weighted by atomic mass is 10.1. The van der Waals surface area contributed by atoms with Gasteiger partial charge in [-0.2, -0.15) is 13.2 Å². The Bertz CT molecular complexity index is 1050. The summed E-state index contributed by atoms with van der Waals surface area (Å²) in [6.45, 7) is 0.726. The molecule has 0 spiro atoms. The third-order valence-corrected chi connectivity index (χ3v) is 6.77. The summed E-state index contributed by atoms with van der Waals surface area (Å²) in [4.78, 5) is 22.2. The zero-order chi connectivity index (χ0) is 22.0. The number of aldehydes is 1. The van der Waals surface area contributed by atoms with Crippen molar-refractivity contribution in [3.63, 3.8) is 0 Å². The highest BCUT2D eigenvalue weighted by Crippen LogP contribution is 2.35. The summed E-state index contributed by atoms with van der Waals surface area (Å²) < 4.78 is 38.4. The van der Waals surface area contributed by atoms with Gasteiger partial charge in [-0.25, -0.2) is 9.97 Å². The molecule has 0 bridgehead atoms. The molecule has 0 saturated heterocycles. The molecular weight excluding hydrogens is 425 g/mol. The summed E-state index contributed by atoms with van der Waals surface area (Å²) in [7, 11) is 1.95. The summed E-state index contributed by atoms with van der Waals surface area (Å²) in [5, 5.41) is 4.25. The maximum atomic E-state index is 12.8. The first-order chi connectivity index (χ1) is 14.8. The van der Waals surface area contributed by atoms with Crippen LogP contribution in [0.15, 0.2) is 36.7 Å². The van der Waals surface area contributed by atoms with Gasteiger partial charge in [0.05, 0.1) is 11.8 Å². The highest BCUT2D eigenvalue weighted by atomic mass is 32.1. The maximum Gasteiger partial charge on any atom is 0.393 e. The molecule has 4 rings (SSSR count). The van der Waals surface area contributed by atoms with Gasteiger partial charge in [0.15, 0.2) is 0 Å². The molecule has 9 heteroatoms. The second kappa shape index (κ2) is 8.92. The topological polar surface area (TPSA) is 58.1 Å². The van der Waals surface area contributed by atoms with Gasteiger partial charge in [0, 0.05) is 36.1 Å². The predicted molar refractivity (Wildman–Crippen MR) is 116 cm³/mol. The van der Waals surface area contributed by atoms with Crippen LogP contribution < -0.4 is 10.2 Å². The van der Waals surface area contributed by atoms with Crippen LogP contribution in [-0.4, -0.2) is 41.6 Å². The molecule has 31 heavy (non-hydrogen) atoms. The molecule has 2 aromatic heterocycles. The molecule has 1 saturated carbocycles. The number of halogens is 3. The van der Waals surface area contributed by atoms with Crippen LogP contribution in [0.1, 0.15) is 40.1 Å². The number of benzene rings is 1. The number of rotatable bonds is 7. The number of anilines is 1. The number of hydrogen-bond acceptors (Lipinski definition) is 6. The number of alkyl halides is 3. The van der Waals surface area contributed by atoms with E-state index in [1.54, 1.807) is 6.07 Å². The van der Waals surface area contributed by atoms with Crippen LogP contribution in [0.3, 0.4) is 0 Å². The van der Waals surface area contributed by atoms with Crippen molar-refractivity contribution in [3.8, 4) is 0 Å². The summed E-state index contributed by atoms with van der Waals surface area (Å²) in [6.07, 6.45) is -0.0114. The Morgan fingerprint density at radius 1 is 1.23 bits per heavy atom. The van der Waals surface area contributed by atoms with Crippen LogP contribution in [0.4, 0.5) is 19.0 Å². The van der Waals surface area contributed by atoms with Gasteiger partial charge in [0.25, 0.3) is 0 Å². The minimum Gasteiger partial charge on any atom is -0.356 e. The first-order valence-corrected chi connectivity index (χ1v) is 10.9. The van der Waals surface area contributed by atoms with Crippen LogP contribution in [0.2, 0.25) is 0 Å². The third-order valence-electron chi connectivity index (χ3n) is 5.73. The van der Waals surface area contributed by atoms with Gasteiger partial charge in [-0.15, -0.1) is 11.3 Å². The lowest BCUT2D eigenvalue weighted by Gasteiger charge is -2.26. The van der Waals surface area contributed by atoms with Gasteiger partial charge >= 0.3 is 6.18 Å². The highest BCUT2D eigenvalue weighted by Gasteiger charge is 2.31. The molecule has 0 radical (unpaired) electrons. The van der Waals surface area contributed by atoms with Gasteiger partial charge in [-0.05, 0) is 30.9 Å². The number of fused-ring (bicyclic) bond motifs is 1. The first kappa shape index (κ1) is 21.7. The fourth-order valence-electron chi connectivity index (χ4n) is 4.10. The largest absolute Gasteiger partial charge is 0.393 e. The van der Waals surface area contributed by atoms with E-state index in [-0.39, 0.29) is 10.9 Å². The Hall–Kier alpha value is -2.52. The average molecular weight is 449 g/mol. The lowest BCUT2D eigenvalue weighted by Crippen LogP contribution is -2.33. The molecule has 1 aliphatic carbocycles. The minimum absolute atomic E-state index is 0.249. The smallest absolute Gasteiger partial charge is 0.356 e. The number of nitrogens with zero attached hydrogens (tertiary/aromatic N) is 3. The fourth-order valence-corrected chi connectivity index (χ4v) is 5.12. The minimum atomic E-state index is -4.24. The van der Waals surface area contributed by atoms with E-state index >= 15 is 0 Å². The zero-order valence-electron chi connectivity index (χ0n) is 17.0. The summed E-state index contributed by atoms with van der Waals surface area (Å²) in [5.74, 6) is 0.685. The van der Waals surface area contributed by atoms with Gasteiger partial charge in [0.2, 0.25) is 0 Å². The fraction of sp³-hybridized carbons (Fsp3) is 0.409. The molecule has 0 unspecified atom stereocenters. The number of thiophene rings is 1. The van der Waals surface area contributed by atoms with Gasteiger partial charge in [0.1, 0.15) is 23.3 Å². The van der Waals surface area contributed by atoms with Gasteiger partial charge in [-0.1, -0.05) is 24.3 Å². The van der Waals surface area contributed by atoms with E-state index in [0.717, 1.165) is 49.0 Å². The molecule has 0 amide bonds. The quantitative estimate of drug-likeness (QED) is 0.529. The standard InChI is InChI=1S/C22H23F3N4OS/c1-29(20-19-9-18(10-22(23,24)25)31-21(19)28-13-27-20)17-7-6-16(8-17)26-11-14-2-4-15(12-30)5-3-14/h2-5,9,12-13,16-17,26H,6-8,10-11H2,1H3/t16-,17+/m0/s1. The number of hydrogen-bond donors (Lipinski definition) is 1. The second-order valence-corrected chi connectivity index (χ2v) is 9.05. The molecule has 0 aliphatic heterocycles. The van der Waals surface area contributed by atoms with Crippen molar-refractivity contribution in [1.82, 2.24) is 15.3 Å². The van der Waals surface area contributed by atoms with Crippen molar-refractivity contribution in [2.24, 2.45) is 0 Å². The van der Waals surface area contributed by atoms with Crippen molar-refractivity contribution in [1.29, 1.82) is 0 Å². The maximum absolute atomic E-state index is 12.8. The van der Waals surface area contributed by atoms with Crippen LogP contribution in [0.5, 0.6) is 0 Å². The van der Waals surface area contributed by atoms with E-state index in [2.05, 4.69) is 20.2 Å². The van der Waals surface area contributed by atoms with Crippen molar-refractivity contribution in [2.45, 2.75) is 50.5 Å². The average Bonchev–Trinajstić information content (AvgIpc) is 3.37. The number of nitrogens with one attached hydrogen (secondary N) is 1. The van der Waals surface area contributed by atoms with E-state index in [0.29, 0.717) is 27.6 Å². The molecule has 1 fully saturated rings. The molecule has 1 aliphatic rings. The number of aromatic nitrogens is 2. The van der Waals surface area contributed by atoms with Crippen molar-refractivity contribution < 1.29 is 18.0 Å². The summed E-state index contributed by atoms with van der Waals surface area (Å²) in [5.41, 5.74) is 1.78. The summed E-state index contributed by atoms with van der Waals surface area (Å²) in [6, 6.07) is 9.68. The molecular formula is C22H23F3N4OS. The second-order valence-electron chi connectivity index (χ2n) is 7.94. The van der Waals surface area contributed by atoms with E-state index in [1.165, 1.54) is 6.33 Å². The monoisotopic (exact) mass is 448 g/mol. The van der Waals surface area contributed by atoms with Gasteiger partial charge in [-0.3, -0.25) is 4.79 Å². The summed E-state index contributed by atoms with van der Waals surface area (Å²) >= 11 is 1.08. The first-order valence-electron chi connectivity index (χ1n) is 10.1. The Balaban J connectivity index is 1.41. The normalized spacial score (nSPS) is 19.1. The molecule has 2 atom stereocenters. The van der Waals surface area contributed by atoms with Crippen molar-refractivity contribution in [3.05, 3.63) is 52.7 Å². The van der Waals surface area contributed by atoms with E-state index in [9.17, 15) is 18.0 Å². The lowest BCUT2D eigenvalue weighted by molar-refractivity contribution is -0.126. The molecule has 2 heterocycles.